The Hall–Kier alpha value is -0.610. The Morgan fingerprint density at radius 3 is 2.67 bits per heavy atom. The molecule has 2 aliphatic carbocycles. The van der Waals surface area contributed by atoms with Crippen molar-refractivity contribution in [2.75, 3.05) is 33.3 Å². The largest absolute Gasteiger partial charge is 0.468 e. The van der Waals surface area contributed by atoms with Crippen LogP contribution >= 0.6 is 0 Å². The Morgan fingerprint density at radius 2 is 2.10 bits per heavy atom. The number of nitrogens with zero attached hydrogens (tertiary/aromatic N) is 1. The van der Waals surface area contributed by atoms with E-state index in [-0.39, 0.29) is 5.97 Å². The van der Waals surface area contributed by atoms with Gasteiger partial charge in [0, 0.05) is 6.54 Å². The summed E-state index contributed by atoms with van der Waals surface area (Å²) in [6.45, 7) is 8.62. The van der Waals surface area contributed by atoms with Gasteiger partial charge in [-0.05, 0) is 63.6 Å². The second kappa shape index (κ2) is 7.59. The van der Waals surface area contributed by atoms with Gasteiger partial charge in [0.1, 0.15) is 5.54 Å². The van der Waals surface area contributed by atoms with Gasteiger partial charge in [-0.1, -0.05) is 20.3 Å². The fourth-order valence-corrected chi connectivity index (χ4v) is 3.92. The number of ether oxygens (including phenoxy) is 1. The molecule has 21 heavy (non-hydrogen) atoms. The molecular weight excluding hydrogens is 264 g/mol. The van der Waals surface area contributed by atoms with Crippen LogP contribution in [0.2, 0.25) is 0 Å². The number of esters is 1. The van der Waals surface area contributed by atoms with Gasteiger partial charge in [-0.15, -0.1) is 0 Å². The van der Waals surface area contributed by atoms with Gasteiger partial charge in [0.2, 0.25) is 0 Å². The van der Waals surface area contributed by atoms with E-state index in [4.69, 9.17) is 4.74 Å². The Kier molecular flexibility index (Phi) is 6.06. The van der Waals surface area contributed by atoms with Gasteiger partial charge in [-0.25, -0.2) is 0 Å². The quantitative estimate of drug-likeness (QED) is 0.664. The van der Waals surface area contributed by atoms with Crippen LogP contribution in [0.3, 0.4) is 0 Å². The van der Waals surface area contributed by atoms with Crippen LogP contribution in [0.25, 0.3) is 0 Å². The maximum Gasteiger partial charge on any atom is 0.326 e. The van der Waals surface area contributed by atoms with Crippen molar-refractivity contribution in [2.45, 2.75) is 57.9 Å². The average molecular weight is 296 g/mol. The third-order valence-corrected chi connectivity index (χ3v) is 5.32. The number of carbonyl (C=O) groups excluding carboxylic acids is 1. The SMILES string of the molecule is CCNC1(C(=O)OC)CCCC1CCN(CC)CC1CC1. The van der Waals surface area contributed by atoms with E-state index in [0.717, 1.165) is 51.2 Å². The van der Waals surface area contributed by atoms with Crippen LogP contribution in [-0.2, 0) is 9.53 Å². The minimum Gasteiger partial charge on any atom is -0.468 e. The van der Waals surface area contributed by atoms with Crippen molar-refractivity contribution in [3.05, 3.63) is 0 Å². The Labute approximate surface area is 129 Å². The van der Waals surface area contributed by atoms with E-state index in [9.17, 15) is 4.79 Å². The molecule has 2 atom stereocenters. The number of hydrogen-bond acceptors (Lipinski definition) is 4. The third-order valence-electron chi connectivity index (χ3n) is 5.32. The Morgan fingerprint density at radius 1 is 1.33 bits per heavy atom. The fourth-order valence-electron chi connectivity index (χ4n) is 3.92. The minimum absolute atomic E-state index is 0.0582. The molecule has 2 fully saturated rings. The summed E-state index contributed by atoms with van der Waals surface area (Å²) in [5.74, 6) is 1.29. The summed E-state index contributed by atoms with van der Waals surface area (Å²) < 4.78 is 5.11. The van der Waals surface area contributed by atoms with Crippen LogP contribution in [-0.4, -0.2) is 49.7 Å². The lowest BCUT2D eigenvalue weighted by molar-refractivity contribution is -0.150. The molecule has 0 radical (unpaired) electrons. The standard InChI is InChI=1S/C17H32N2O2/c1-4-18-17(16(20)21-3)11-6-7-15(17)10-12-19(5-2)13-14-8-9-14/h14-15,18H,4-13H2,1-3H3. The van der Waals surface area contributed by atoms with Crippen LogP contribution in [0.1, 0.15) is 52.4 Å². The van der Waals surface area contributed by atoms with Gasteiger partial charge in [-0.2, -0.15) is 0 Å². The molecular formula is C17H32N2O2. The molecule has 2 unspecified atom stereocenters. The Bertz CT molecular complexity index is 344. The van der Waals surface area contributed by atoms with Crippen molar-refractivity contribution in [1.82, 2.24) is 10.2 Å². The number of methoxy groups -OCH3 is 1. The molecule has 0 amide bonds. The summed E-state index contributed by atoms with van der Waals surface area (Å²) in [5.41, 5.74) is -0.428. The van der Waals surface area contributed by atoms with Crippen LogP contribution in [0.15, 0.2) is 0 Å². The molecule has 0 aromatic heterocycles. The fraction of sp³-hybridized carbons (Fsp3) is 0.941. The van der Waals surface area contributed by atoms with Crippen molar-refractivity contribution in [3.8, 4) is 0 Å². The molecule has 0 aliphatic heterocycles. The van der Waals surface area contributed by atoms with Crippen LogP contribution in [0, 0.1) is 11.8 Å². The van der Waals surface area contributed by atoms with E-state index in [1.807, 2.05) is 0 Å². The molecule has 4 nitrogen and oxygen atoms in total. The number of likely N-dealkylation sites (N-methyl/N-ethyl adjacent to an activating group) is 1. The van der Waals surface area contributed by atoms with Crippen molar-refractivity contribution >= 4 is 5.97 Å². The number of rotatable bonds is 9. The second-order valence-corrected chi connectivity index (χ2v) is 6.71. The maximum atomic E-state index is 12.3. The van der Waals surface area contributed by atoms with E-state index < -0.39 is 5.54 Å². The van der Waals surface area contributed by atoms with E-state index in [0.29, 0.717) is 5.92 Å². The highest BCUT2D eigenvalue weighted by molar-refractivity contribution is 5.81. The molecule has 4 heteroatoms. The summed E-state index contributed by atoms with van der Waals surface area (Å²) >= 11 is 0. The van der Waals surface area contributed by atoms with Gasteiger partial charge in [-0.3, -0.25) is 4.79 Å². The van der Waals surface area contributed by atoms with Crippen LogP contribution in [0.4, 0.5) is 0 Å². The van der Waals surface area contributed by atoms with Crippen LogP contribution < -0.4 is 5.32 Å². The molecule has 2 saturated carbocycles. The zero-order chi connectivity index (χ0) is 15.3. The minimum atomic E-state index is -0.428. The molecule has 0 heterocycles. The summed E-state index contributed by atoms with van der Waals surface area (Å²) in [4.78, 5) is 14.9. The molecule has 0 saturated heterocycles. The lowest BCUT2D eigenvalue weighted by Crippen LogP contribution is -2.55. The first-order valence-electron chi connectivity index (χ1n) is 8.72. The van der Waals surface area contributed by atoms with Gasteiger partial charge >= 0.3 is 5.97 Å². The van der Waals surface area contributed by atoms with Crippen molar-refractivity contribution < 1.29 is 9.53 Å². The first-order chi connectivity index (χ1) is 10.2. The van der Waals surface area contributed by atoms with Gasteiger partial charge in [0.25, 0.3) is 0 Å². The lowest BCUT2D eigenvalue weighted by Gasteiger charge is -2.34. The highest BCUT2D eigenvalue weighted by Gasteiger charge is 2.49. The monoisotopic (exact) mass is 296 g/mol. The third kappa shape index (κ3) is 3.98. The maximum absolute atomic E-state index is 12.3. The van der Waals surface area contributed by atoms with Gasteiger partial charge in [0.15, 0.2) is 0 Å². The first kappa shape index (κ1) is 16.8. The smallest absolute Gasteiger partial charge is 0.326 e. The van der Waals surface area contributed by atoms with E-state index >= 15 is 0 Å². The normalized spacial score (nSPS) is 29.0. The predicted molar refractivity (Wildman–Crippen MR) is 85.2 cm³/mol. The number of hydrogen-bond donors (Lipinski definition) is 1. The average Bonchev–Trinajstić information content (AvgIpc) is 3.23. The van der Waals surface area contributed by atoms with Crippen molar-refractivity contribution in [3.63, 3.8) is 0 Å². The zero-order valence-electron chi connectivity index (χ0n) is 14.0. The zero-order valence-corrected chi connectivity index (χ0v) is 14.0. The summed E-state index contributed by atoms with van der Waals surface area (Å²) in [7, 11) is 1.52. The first-order valence-corrected chi connectivity index (χ1v) is 8.72. The molecule has 0 aromatic rings. The van der Waals surface area contributed by atoms with E-state index in [1.165, 1.54) is 26.5 Å². The topological polar surface area (TPSA) is 41.6 Å². The predicted octanol–water partition coefficient (Wildman–Crippen LogP) is 2.43. The number of nitrogens with one attached hydrogen (secondary N) is 1. The van der Waals surface area contributed by atoms with E-state index in [2.05, 4.69) is 24.1 Å². The molecule has 0 bridgehead atoms. The van der Waals surface area contributed by atoms with Crippen molar-refractivity contribution in [2.24, 2.45) is 11.8 Å². The molecule has 0 aromatic carbocycles. The van der Waals surface area contributed by atoms with Gasteiger partial charge in [0.05, 0.1) is 7.11 Å². The second-order valence-electron chi connectivity index (χ2n) is 6.71. The molecule has 122 valence electrons. The highest BCUT2D eigenvalue weighted by Crippen LogP contribution is 2.39. The number of carbonyl (C=O) groups is 1. The summed E-state index contributed by atoms with van der Waals surface area (Å²) in [6.07, 6.45) is 7.10. The highest BCUT2D eigenvalue weighted by atomic mass is 16.5. The van der Waals surface area contributed by atoms with Crippen molar-refractivity contribution in [1.29, 1.82) is 0 Å². The lowest BCUT2D eigenvalue weighted by atomic mass is 9.84. The summed E-state index contributed by atoms with van der Waals surface area (Å²) in [6, 6.07) is 0. The molecule has 2 rings (SSSR count). The van der Waals surface area contributed by atoms with Gasteiger partial charge < -0.3 is 15.0 Å². The van der Waals surface area contributed by atoms with E-state index in [1.54, 1.807) is 0 Å². The Balaban J connectivity index is 1.93. The molecule has 0 spiro atoms. The molecule has 1 N–H and O–H groups in total. The summed E-state index contributed by atoms with van der Waals surface area (Å²) in [5, 5.41) is 3.46. The van der Waals surface area contributed by atoms with Crippen LogP contribution in [0.5, 0.6) is 0 Å². The molecule has 2 aliphatic rings.